The van der Waals surface area contributed by atoms with Crippen LogP contribution in [0.2, 0.25) is 0 Å². The van der Waals surface area contributed by atoms with E-state index >= 15 is 0 Å². The number of rotatable bonds is 4. The number of halogens is 1. The van der Waals surface area contributed by atoms with Crippen molar-refractivity contribution >= 4 is 21.6 Å². The van der Waals surface area contributed by atoms with Gasteiger partial charge >= 0.3 is 0 Å². The van der Waals surface area contributed by atoms with Gasteiger partial charge in [-0.2, -0.15) is 4.31 Å². The average molecular weight is 327 g/mol. The highest BCUT2D eigenvalue weighted by molar-refractivity contribution is 7.88. The van der Waals surface area contributed by atoms with E-state index in [0.29, 0.717) is 24.8 Å². The van der Waals surface area contributed by atoms with Gasteiger partial charge in [-0.3, -0.25) is 0 Å². The van der Waals surface area contributed by atoms with E-state index in [1.54, 1.807) is 6.33 Å². The largest absolute Gasteiger partial charge is 0.315 e. The lowest BCUT2D eigenvalue weighted by Crippen LogP contribution is -2.38. The van der Waals surface area contributed by atoms with Crippen LogP contribution in [0.15, 0.2) is 30.6 Å². The van der Waals surface area contributed by atoms with Gasteiger partial charge in [-0.1, -0.05) is 24.3 Å². The predicted octanol–water partition coefficient (Wildman–Crippen LogP) is 1.36. The molecule has 8 heteroatoms. The molecular weight excluding hydrogens is 312 g/mol. The van der Waals surface area contributed by atoms with Crippen LogP contribution in [0.3, 0.4) is 0 Å². The summed E-state index contributed by atoms with van der Waals surface area (Å²) in [7, 11) is -3.36. The van der Waals surface area contributed by atoms with Crippen LogP contribution in [0.25, 0.3) is 0 Å². The molecule has 21 heavy (non-hydrogen) atoms. The molecule has 2 aromatic rings. The van der Waals surface area contributed by atoms with Gasteiger partial charge in [0.15, 0.2) is 0 Å². The molecule has 1 aliphatic rings. The van der Waals surface area contributed by atoms with Crippen molar-refractivity contribution in [3.05, 3.63) is 47.5 Å². The SMILES string of the molecule is O=S(=O)(Cc1ccc(CCl)cc1)N1CCn2cnnc2C1. The van der Waals surface area contributed by atoms with Crippen molar-refractivity contribution in [2.45, 2.75) is 24.7 Å². The summed E-state index contributed by atoms with van der Waals surface area (Å²) < 4.78 is 28.3. The molecule has 0 fully saturated rings. The number of fused-ring (bicyclic) bond motifs is 1. The molecule has 0 saturated heterocycles. The average Bonchev–Trinajstić information content (AvgIpc) is 2.95. The topological polar surface area (TPSA) is 68.1 Å². The molecule has 0 bridgehead atoms. The normalized spacial score (nSPS) is 15.9. The zero-order valence-electron chi connectivity index (χ0n) is 11.3. The van der Waals surface area contributed by atoms with Crippen molar-refractivity contribution in [1.82, 2.24) is 19.1 Å². The Morgan fingerprint density at radius 1 is 1.14 bits per heavy atom. The van der Waals surface area contributed by atoms with Crippen LogP contribution >= 0.6 is 11.6 Å². The van der Waals surface area contributed by atoms with Crippen molar-refractivity contribution in [2.24, 2.45) is 0 Å². The smallest absolute Gasteiger partial charge is 0.218 e. The Balaban J connectivity index is 1.75. The van der Waals surface area contributed by atoms with Crippen LogP contribution in [0, 0.1) is 0 Å². The van der Waals surface area contributed by atoms with Gasteiger partial charge in [-0.25, -0.2) is 8.42 Å². The fraction of sp³-hybridized carbons (Fsp3) is 0.385. The quantitative estimate of drug-likeness (QED) is 0.796. The predicted molar refractivity (Wildman–Crippen MR) is 79.1 cm³/mol. The van der Waals surface area contributed by atoms with Crippen LogP contribution in [0.1, 0.15) is 17.0 Å². The Kier molecular flexibility index (Phi) is 3.97. The second kappa shape index (κ2) is 5.75. The van der Waals surface area contributed by atoms with E-state index in [1.807, 2.05) is 28.8 Å². The van der Waals surface area contributed by atoms with Gasteiger partial charge in [0, 0.05) is 19.0 Å². The van der Waals surface area contributed by atoms with Crippen molar-refractivity contribution in [2.75, 3.05) is 6.54 Å². The van der Waals surface area contributed by atoms with Gasteiger partial charge in [0.1, 0.15) is 12.2 Å². The minimum atomic E-state index is -3.36. The third-order valence-electron chi connectivity index (χ3n) is 3.52. The zero-order chi connectivity index (χ0) is 14.9. The first-order chi connectivity index (χ1) is 10.1. The molecule has 1 aromatic heterocycles. The highest BCUT2D eigenvalue weighted by atomic mass is 35.5. The van der Waals surface area contributed by atoms with E-state index < -0.39 is 10.0 Å². The number of hydrogen-bond donors (Lipinski definition) is 0. The van der Waals surface area contributed by atoms with Crippen LogP contribution in [0.5, 0.6) is 0 Å². The van der Waals surface area contributed by atoms with E-state index in [0.717, 1.165) is 11.1 Å². The van der Waals surface area contributed by atoms with Crippen LogP contribution in [-0.2, 0) is 34.7 Å². The van der Waals surface area contributed by atoms with Gasteiger partial charge in [0.05, 0.1) is 12.3 Å². The Bertz CT molecular complexity index is 727. The molecule has 0 atom stereocenters. The summed E-state index contributed by atoms with van der Waals surface area (Å²) in [5.74, 6) is 1.10. The molecule has 3 rings (SSSR count). The molecule has 0 radical (unpaired) electrons. The molecule has 2 heterocycles. The van der Waals surface area contributed by atoms with E-state index in [2.05, 4.69) is 10.2 Å². The maximum Gasteiger partial charge on any atom is 0.218 e. The van der Waals surface area contributed by atoms with E-state index in [4.69, 9.17) is 11.6 Å². The van der Waals surface area contributed by atoms with Crippen molar-refractivity contribution in [3.63, 3.8) is 0 Å². The van der Waals surface area contributed by atoms with Crippen molar-refractivity contribution in [3.8, 4) is 0 Å². The Labute approximate surface area is 128 Å². The van der Waals surface area contributed by atoms with Crippen molar-refractivity contribution < 1.29 is 8.42 Å². The number of nitrogens with zero attached hydrogens (tertiary/aromatic N) is 4. The first kappa shape index (κ1) is 14.5. The van der Waals surface area contributed by atoms with Gasteiger partial charge < -0.3 is 4.57 Å². The van der Waals surface area contributed by atoms with Crippen LogP contribution in [0.4, 0.5) is 0 Å². The first-order valence-corrected chi connectivity index (χ1v) is 8.71. The Hall–Kier alpha value is -1.44. The maximum atomic E-state index is 12.5. The molecule has 0 amide bonds. The molecule has 0 saturated carbocycles. The van der Waals surface area contributed by atoms with E-state index in [9.17, 15) is 8.42 Å². The van der Waals surface area contributed by atoms with Crippen LogP contribution in [-0.4, -0.2) is 34.0 Å². The molecule has 1 aromatic carbocycles. The standard InChI is InChI=1S/C13H15ClN4O2S/c14-7-11-1-3-12(4-2-11)9-21(19,20)18-6-5-17-10-15-16-13(17)8-18/h1-4,10H,5-9H2. The second-order valence-electron chi connectivity index (χ2n) is 4.98. The molecule has 1 aliphatic heterocycles. The maximum absolute atomic E-state index is 12.5. The Morgan fingerprint density at radius 2 is 1.86 bits per heavy atom. The molecule has 0 spiro atoms. The summed E-state index contributed by atoms with van der Waals surface area (Å²) in [5.41, 5.74) is 1.74. The van der Waals surface area contributed by atoms with Gasteiger partial charge in [0.2, 0.25) is 10.0 Å². The second-order valence-corrected chi connectivity index (χ2v) is 7.22. The third kappa shape index (κ3) is 3.09. The summed E-state index contributed by atoms with van der Waals surface area (Å²) in [6.45, 7) is 1.32. The van der Waals surface area contributed by atoms with E-state index in [1.165, 1.54) is 4.31 Å². The molecule has 0 N–H and O–H groups in total. The minimum Gasteiger partial charge on any atom is -0.315 e. The Morgan fingerprint density at radius 3 is 2.57 bits per heavy atom. The molecule has 112 valence electrons. The van der Waals surface area contributed by atoms with Gasteiger partial charge in [-0.05, 0) is 11.1 Å². The number of benzene rings is 1. The lowest BCUT2D eigenvalue weighted by atomic mass is 10.2. The summed E-state index contributed by atoms with van der Waals surface area (Å²) >= 11 is 5.73. The summed E-state index contributed by atoms with van der Waals surface area (Å²) in [6.07, 6.45) is 1.63. The molecule has 0 unspecified atom stereocenters. The fourth-order valence-corrected chi connectivity index (χ4v) is 3.95. The van der Waals surface area contributed by atoms with Crippen LogP contribution < -0.4 is 0 Å². The molecule has 0 aliphatic carbocycles. The molecule has 6 nitrogen and oxygen atoms in total. The highest BCUT2D eigenvalue weighted by Crippen LogP contribution is 2.18. The lowest BCUT2D eigenvalue weighted by molar-refractivity contribution is 0.335. The minimum absolute atomic E-state index is 0.0102. The molecular formula is C13H15ClN4O2S. The van der Waals surface area contributed by atoms with E-state index in [-0.39, 0.29) is 12.3 Å². The zero-order valence-corrected chi connectivity index (χ0v) is 12.9. The number of hydrogen-bond acceptors (Lipinski definition) is 4. The van der Waals surface area contributed by atoms with Crippen molar-refractivity contribution in [1.29, 1.82) is 0 Å². The summed E-state index contributed by atoms with van der Waals surface area (Å²) in [4.78, 5) is 0. The number of alkyl halides is 1. The highest BCUT2D eigenvalue weighted by Gasteiger charge is 2.27. The fourth-order valence-electron chi connectivity index (χ4n) is 2.31. The summed E-state index contributed by atoms with van der Waals surface area (Å²) in [5, 5.41) is 7.74. The van der Waals surface area contributed by atoms with Gasteiger partial charge in [0.25, 0.3) is 0 Å². The third-order valence-corrected chi connectivity index (χ3v) is 5.63. The monoisotopic (exact) mass is 326 g/mol. The lowest BCUT2D eigenvalue weighted by Gasteiger charge is -2.26. The van der Waals surface area contributed by atoms with Gasteiger partial charge in [-0.15, -0.1) is 21.8 Å². The first-order valence-electron chi connectivity index (χ1n) is 6.57. The number of sulfonamides is 1. The summed E-state index contributed by atoms with van der Waals surface area (Å²) in [6, 6.07) is 7.32. The number of aromatic nitrogens is 3.